The Bertz CT molecular complexity index is 417. The van der Waals surface area contributed by atoms with Crippen LogP contribution in [0.4, 0.5) is 28.9 Å². The second-order valence-corrected chi connectivity index (χ2v) is 3.40. The number of nitrogens with one attached hydrogen (secondary N) is 1. The summed E-state index contributed by atoms with van der Waals surface area (Å²) in [6.07, 6.45) is -6.39. The van der Waals surface area contributed by atoms with E-state index in [1.54, 1.807) is 0 Å². The van der Waals surface area contributed by atoms with Crippen molar-refractivity contribution in [1.82, 2.24) is 0 Å². The van der Waals surface area contributed by atoms with Crippen molar-refractivity contribution in [3.63, 3.8) is 0 Å². The lowest BCUT2D eigenvalue weighted by atomic mass is 10.2. The molecule has 3 nitrogen and oxygen atoms in total. The topological polar surface area (TPSA) is 55.1 Å². The Morgan fingerprint density at radius 1 is 1.35 bits per heavy atom. The second kappa shape index (κ2) is 5.03. The van der Waals surface area contributed by atoms with Gasteiger partial charge in [-0.25, -0.2) is 4.39 Å². The number of rotatable bonds is 3. The van der Waals surface area contributed by atoms with Crippen LogP contribution in [-0.2, 0) is 4.79 Å². The second-order valence-electron chi connectivity index (χ2n) is 3.40. The van der Waals surface area contributed by atoms with E-state index in [2.05, 4.69) is 0 Å². The molecule has 0 bridgehead atoms. The van der Waals surface area contributed by atoms with Gasteiger partial charge in [0.05, 0.1) is 12.1 Å². The molecule has 1 aromatic rings. The van der Waals surface area contributed by atoms with Crippen LogP contribution >= 0.6 is 0 Å². The van der Waals surface area contributed by atoms with E-state index < -0.39 is 30.7 Å². The van der Waals surface area contributed by atoms with Gasteiger partial charge in [0.15, 0.2) is 0 Å². The summed E-state index contributed by atoms with van der Waals surface area (Å²) >= 11 is 0. The Balaban J connectivity index is 2.57. The number of anilines is 2. The van der Waals surface area contributed by atoms with Crippen molar-refractivity contribution >= 4 is 17.3 Å². The molecule has 0 saturated carbocycles. The number of hydrogen-bond acceptors (Lipinski definition) is 2. The van der Waals surface area contributed by atoms with Crippen LogP contribution in [0.1, 0.15) is 12.8 Å². The van der Waals surface area contributed by atoms with Crippen LogP contribution < -0.4 is 11.1 Å². The van der Waals surface area contributed by atoms with Gasteiger partial charge >= 0.3 is 6.18 Å². The highest BCUT2D eigenvalue weighted by Crippen LogP contribution is 2.22. The van der Waals surface area contributed by atoms with E-state index in [9.17, 15) is 22.4 Å². The van der Waals surface area contributed by atoms with Crippen LogP contribution in [-0.4, -0.2) is 12.1 Å². The van der Waals surface area contributed by atoms with Crippen LogP contribution in [0.3, 0.4) is 0 Å². The van der Waals surface area contributed by atoms with Crippen LogP contribution in [0.15, 0.2) is 18.2 Å². The zero-order chi connectivity index (χ0) is 13.1. The maximum Gasteiger partial charge on any atom is 0.389 e. The predicted octanol–water partition coefficient (Wildman–Crippen LogP) is 2.69. The van der Waals surface area contributed by atoms with E-state index in [0.717, 1.165) is 6.07 Å². The lowest BCUT2D eigenvalue weighted by Gasteiger charge is -2.08. The zero-order valence-electron chi connectivity index (χ0n) is 8.64. The molecule has 0 atom stereocenters. The van der Waals surface area contributed by atoms with Gasteiger partial charge in [-0.3, -0.25) is 4.79 Å². The Labute approximate surface area is 94.6 Å². The predicted molar refractivity (Wildman–Crippen MR) is 54.7 cm³/mol. The molecule has 0 aliphatic carbocycles. The number of nitrogen functional groups attached to an aromatic ring is 1. The fourth-order valence-corrected chi connectivity index (χ4v) is 1.10. The molecule has 1 rings (SSSR count). The maximum absolute atomic E-state index is 13.2. The van der Waals surface area contributed by atoms with Crippen molar-refractivity contribution < 1.29 is 22.4 Å². The maximum atomic E-state index is 13.2. The summed E-state index contributed by atoms with van der Waals surface area (Å²) in [4.78, 5) is 11.1. The van der Waals surface area contributed by atoms with Gasteiger partial charge in [-0.15, -0.1) is 0 Å². The minimum Gasteiger partial charge on any atom is -0.399 e. The summed E-state index contributed by atoms with van der Waals surface area (Å²) < 4.78 is 48.6. The Morgan fingerprint density at radius 2 is 2.00 bits per heavy atom. The van der Waals surface area contributed by atoms with Gasteiger partial charge in [-0.1, -0.05) is 0 Å². The molecular weight excluding hydrogens is 240 g/mol. The quantitative estimate of drug-likeness (QED) is 0.640. The number of amides is 1. The first-order valence-electron chi connectivity index (χ1n) is 4.69. The van der Waals surface area contributed by atoms with E-state index in [1.807, 2.05) is 5.32 Å². The molecule has 1 amide bonds. The van der Waals surface area contributed by atoms with Gasteiger partial charge in [-0.05, 0) is 18.2 Å². The minimum atomic E-state index is -4.41. The third kappa shape index (κ3) is 4.71. The first kappa shape index (κ1) is 13.3. The number of carbonyl (C=O) groups is 1. The van der Waals surface area contributed by atoms with Gasteiger partial charge in [0.2, 0.25) is 5.91 Å². The number of benzene rings is 1. The molecule has 3 N–H and O–H groups in total. The van der Waals surface area contributed by atoms with Gasteiger partial charge in [-0.2, -0.15) is 13.2 Å². The summed E-state index contributed by atoms with van der Waals surface area (Å²) in [7, 11) is 0. The molecule has 0 aliphatic heterocycles. The fraction of sp³-hybridized carbons (Fsp3) is 0.300. The fourth-order valence-electron chi connectivity index (χ4n) is 1.10. The standard InChI is InChI=1S/C10H10F4N2O/c11-7-5-6(15)1-2-8(7)16-9(17)3-4-10(12,13)14/h1-2,5H,3-4,15H2,(H,16,17). The number of alkyl halides is 3. The number of nitrogens with two attached hydrogens (primary N) is 1. The molecule has 0 aromatic heterocycles. The van der Waals surface area contributed by atoms with Gasteiger partial charge in [0.1, 0.15) is 5.82 Å². The summed E-state index contributed by atoms with van der Waals surface area (Å²) in [6.45, 7) is 0. The van der Waals surface area contributed by atoms with E-state index in [4.69, 9.17) is 5.73 Å². The van der Waals surface area contributed by atoms with Crippen LogP contribution in [0.2, 0.25) is 0 Å². The smallest absolute Gasteiger partial charge is 0.389 e. The van der Waals surface area contributed by atoms with Crippen LogP contribution in [0.5, 0.6) is 0 Å². The summed E-state index contributed by atoms with van der Waals surface area (Å²) in [5, 5.41) is 2.04. The summed E-state index contributed by atoms with van der Waals surface area (Å²) in [6, 6.07) is 3.50. The molecule has 0 radical (unpaired) electrons. The zero-order valence-corrected chi connectivity index (χ0v) is 8.64. The molecule has 0 heterocycles. The van der Waals surface area contributed by atoms with Crippen LogP contribution in [0.25, 0.3) is 0 Å². The van der Waals surface area contributed by atoms with Crippen LogP contribution in [0, 0.1) is 5.82 Å². The first-order valence-corrected chi connectivity index (χ1v) is 4.69. The first-order chi connectivity index (χ1) is 7.78. The lowest BCUT2D eigenvalue weighted by Crippen LogP contribution is -2.17. The van der Waals surface area contributed by atoms with Crippen molar-refractivity contribution in [3.8, 4) is 0 Å². The van der Waals surface area contributed by atoms with Crippen molar-refractivity contribution in [2.45, 2.75) is 19.0 Å². The average Bonchev–Trinajstić information content (AvgIpc) is 2.18. The normalized spacial score (nSPS) is 11.3. The highest BCUT2D eigenvalue weighted by atomic mass is 19.4. The van der Waals surface area contributed by atoms with Gasteiger partial charge in [0, 0.05) is 12.1 Å². The summed E-state index contributed by atoms with van der Waals surface area (Å²) in [5.74, 6) is -1.68. The molecular formula is C10H10F4N2O. The molecule has 0 spiro atoms. The minimum absolute atomic E-state index is 0.163. The van der Waals surface area contributed by atoms with E-state index in [1.165, 1.54) is 12.1 Å². The summed E-state index contributed by atoms with van der Waals surface area (Å²) in [5.41, 5.74) is 5.25. The largest absolute Gasteiger partial charge is 0.399 e. The molecule has 0 saturated heterocycles. The van der Waals surface area contributed by atoms with E-state index in [0.29, 0.717) is 0 Å². The Morgan fingerprint density at radius 3 is 2.53 bits per heavy atom. The third-order valence-electron chi connectivity index (χ3n) is 1.90. The van der Waals surface area contributed by atoms with Gasteiger partial charge < -0.3 is 11.1 Å². The van der Waals surface area contributed by atoms with Crippen molar-refractivity contribution in [2.24, 2.45) is 0 Å². The molecule has 7 heteroatoms. The average molecular weight is 250 g/mol. The highest BCUT2D eigenvalue weighted by molar-refractivity contribution is 5.91. The third-order valence-corrected chi connectivity index (χ3v) is 1.90. The lowest BCUT2D eigenvalue weighted by molar-refractivity contribution is -0.142. The number of carbonyl (C=O) groups excluding carboxylic acids is 1. The van der Waals surface area contributed by atoms with Crippen molar-refractivity contribution in [3.05, 3.63) is 24.0 Å². The molecule has 94 valence electrons. The number of halogens is 4. The molecule has 17 heavy (non-hydrogen) atoms. The highest BCUT2D eigenvalue weighted by Gasteiger charge is 2.27. The molecule has 1 aromatic carbocycles. The monoisotopic (exact) mass is 250 g/mol. The van der Waals surface area contributed by atoms with E-state index in [-0.39, 0.29) is 11.4 Å². The van der Waals surface area contributed by atoms with Crippen molar-refractivity contribution in [2.75, 3.05) is 11.1 Å². The van der Waals surface area contributed by atoms with Gasteiger partial charge in [0.25, 0.3) is 0 Å². The number of hydrogen-bond donors (Lipinski definition) is 2. The van der Waals surface area contributed by atoms with Crippen molar-refractivity contribution in [1.29, 1.82) is 0 Å². The molecule has 0 unspecified atom stereocenters. The van der Waals surface area contributed by atoms with E-state index >= 15 is 0 Å². The Kier molecular flexibility index (Phi) is 3.93. The Hall–Kier alpha value is -1.79. The molecule has 0 fully saturated rings. The SMILES string of the molecule is Nc1ccc(NC(=O)CCC(F)(F)F)c(F)c1. The molecule has 0 aliphatic rings.